The van der Waals surface area contributed by atoms with Crippen LogP contribution in [0.25, 0.3) is 0 Å². The molecule has 1 amide bonds. The molecule has 0 spiro atoms. The number of hydrogen-bond acceptors (Lipinski definition) is 3. The minimum Gasteiger partial charge on any atom is -0.342 e. The summed E-state index contributed by atoms with van der Waals surface area (Å²) in [5.74, 6) is 0.228. The summed E-state index contributed by atoms with van der Waals surface area (Å²) < 4.78 is 1.90. The first-order chi connectivity index (χ1) is 8.75. The monoisotopic (exact) mass is 250 g/mol. The second-order valence-electron chi connectivity index (χ2n) is 4.90. The summed E-state index contributed by atoms with van der Waals surface area (Å²) in [5, 5.41) is 7.39. The van der Waals surface area contributed by atoms with E-state index in [9.17, 15) is 4.79 Å². The maximum atomic E-state index is 11.9. The number of amides is 1. The Hall–Kier alpha value is -1.36. The highest BCUT2D eigenvalue weighted by molar-refractivity contribution is 5.78. The van der Waals surface area contributed by atoms with Crippen LogP contribution in [0, 0.1) is 6.92 Å². The molecular formula is C13H22N4O. The van der Waals surface area contributed by atoms with Gasteiger partial charge in [0.05, 0.1) is 19.3 Å². The summed E-state index contributed by atoms with van der Waals surface area (Å²) in [4.78, 5) is 13.8. The van der Waals surface area contributed by atoms with Crippen molar-refractivity contribution < 1.29 is 4.79 Å². The van der Waals surface area contributed by atoms with Gasteiger partial charge in [-0.2, -0.15) is 5.10 Å². The molecule has 1 aromatic heterocycles. The van der Waals surface area contributed by atoms with Crippen LogP contribution in [-0.2, 0) is 11.3 Å². The molecule has 18 heavy (non-hydrogen) atoms. The Morgan fingerprint density at radius 3 is 2.83 bits per heavy atom. The number of nitrogens with zero attached hydrogens (tertiary/aromatic N) is 3. The zero-order chi connectivity index (χ0) is 12.8. The molecule has 1 aromatic rings. The summed E-state index contributed by atoms with van der Waals surface area (Å²) in [6.07, 6.45) is 7.42. The molecule has 2 rings (SSSR count). The lowest BCUT2D eigenvalue weighted by atomic mass is 10.1. The van der Waals surface area contributed by atoms with E-state index in [1.807, 2.05) is 28.9 Å². The molecule has 1 aliphatic rings. The molecule has 1 N–H and O–H groups in total. The number of piperidine rings is 1. The van der Waals surface area contributed by atoms with E-state index in [2.05, 4.69) is 10.4 Å². The zero-order valence-corrected chi connectivity index (χ0v) is 11.1. The molecule has 0 aliphatic carbocycles. The lowest BCUT2D eigenvalue weighted by molar-refractivity contribution is -0.131. The van der Waals surface area contributed by atoms with Crippen molar-refractivity contribution in [3.63, 3.8) is 0 Å². The number of likely N-dealkylation sites (tertiary alicyclic amines) is 1. The van der Waals surface area contributed by atoms with Crippen LogP contribution in [0.2, 0.25) is 0 Å². The predicted molar refractivity (Wildman–Crippen MR) is 70.3 cm³/mol. The van der Waals surface area contributed by atoms with Gasteiger partial charge in [0.1, 0.15) is 0 Å². The van der Waals surface area contributed by atoms with Gasteiger partial charge in [0, 0.05) is 25.8 Å². The first-order valence-corrected chi connectivity index (χ1v) is 6.73. The minimum atomic E-state index is 0.228. The van der Waals surface area contributed by atoms with E-state index < -0.39 is 0 Å². The van der Waals surface area contributed by atoms with Crippen molar-refractivity contribution >= 4 is 5.91 Å². The van der Waals surface area contributed by atoms with Gasteiger partial charge in [0.15, 0.2) is 0 Å². The van der Waals surface area contributed by atoms with Crippen LogP contribution in [-0.4, -0.2) is 46.8 Å². The van der Waals surface area contributed by atoms with Gasteiger partial charge in [-0.3, -0.25) is 9.48 Å². The normalized spacial score (nSPS) is 15.9. The highest BCUT2D eigenvalue weighted by Gasteiger charge is 2.15. The highest BCUT2D eigenvalue weighted by atomic mass is 16.2. The minimum absolute atomic E-state index is 0.228. The Balaban J connectivity index is 1.61. The molecule has 100 valence electrons. The van der Waals surface area contributed by atoms with Gasteiger partial charge < -0.3 is 10.2 Å². The van der Waals surface area contributed by atoms with Gasteiger partial charge in [-0.15, -0.1) is 0 Å². The number of carbonyl (C=O) groups excluding carboxylic acids is 1. The molecule has 2 heterocycles. The van der Waals surface area contributed by atoms with Crippen LogP contribution in [0.15, 0.2) is 12.4 Å². The van der Waals surface area contributed by atoms with Gasteiger partial charge in [-0.25, -0.2) is 0 Å². The van der Waals surface area contributed by atoms with Gasteiger partial charge >= 0.3 is 0 Å². The van der Waals surface area contributed by atoms with Crippen LogP contribution >= 0.6 is 0 Å². The Labute approximate surface area is 108 Å². The van der Waals surface area contributed by atoms with Crippen LogP contribution < -0.4 is 5.32 Å². The molecule has 1 saturated heterocycles. The average Bonchev–Trinajstić information content (AvgIpc) is 2.81. The first kappa shape index (κ1) is 13.1. The second kappa shape index (κ2) is 6.54. The fraction of sp³-hybridized carbons (Fsp3) is 0.692. The van der Waals surface area contributed by atoms with E-state index in [4.69, 9.17) is 0 Å². The molecule has 0 aromatic carbocycles. The molecule has 0 unspecified atom stereocenters. The van der Waals surface area contributed by atoms with Crippen molar-refractivity contribution in [2.24, 2.45) is 0 Å². The maximum absolute atomic E-state index is 11.9. The fourth-order valence-corrected chi connectivity index (χ4v) is 2.23. The fourth-order valence-electron chi connectivity index (χ4n) is 2.23. The van der Waals surface area contributed by atoms with Crippen LogP contribution in [0.4, 0.5) is 0 Å². The van der Waals surface area contributed by atoms with Crippen molar-refractivity contribution in [3.8, 4) is 0 Å². The summed E-state index contributed by atoms with van der Waals surface area (Å²) >= 11 is 0. The summed E-state index contributed by atoms with van der Waals surface area (Å²) in [5.41, 5.74) is 1.17. The van der Waals surface area contributed by atoms with Crippen molar-refractivity contribution in [1.82, 2.24) is 20.0 Å². The van der Waals surface area contributed by atoms with Gasteiger partial charge in [-0.1, -0.05) is 0 Å². The molecule has 0 bridgehead atoms. The van der Waals surface area contributed by atoms with Crippen LogP contribution in [0.3, 0.4) is 0 Å². The summed E-state index contributed by atoms with van der Waals surface area (Å²) in [6, 6.07) is 0. The van der Waals surface area contributed by atoms with Crippen LogP contribution in [0.5, 0.6) is 0 Å². The maximum Gasteiger partial charge on any atom is 0.236 e. The highest BCUT2D eigenvalue weighted by Crippen LogP contribution is 2.08. The zero-order valence-electron chi connectivity index (χ0n) is 11.1. The lowest BCUT2D eigenvalue weighted by Gasteiger charge is -2.26. The molecule has 0 radical (unpaired) electrons. The summed E-state index contributed by atoms with van der Waals surface area (Å²) in [6.45, 7) is 5.91. The molecule has 5 nitrogen and oxygen atoms in total. The predicted octanol–water partition coefficient (Wildman–Crippen LogP) is 0.794. The first-order valence-electron chi connectivity index (χ1n) is 6.73. The third-order valence-electron chi connectivity index (χ3n) is 3.27. The Morgan fingerprint density at radius 1 is 1.39 bits per heavy atom. The third kappa shape index (κ3) is 3.84. The van der Waals surface area contributed by atoms with E-state index in [0.717, 1.165) is 39.0 Å². The Kier molecular flexibility index (Phi) is 4.75. The van der Waals surface area contributed by atoms with E-state index >= 15 is 0 Å². The SMILES string of the molecule is Cc1cnn(CCNCC(=O)N2CCCCC2)c1. The topological polar surface area (TPSA) is 50.2 Å². The lowest BCUT2D eigenvalue weighted by Crippen LogP contribution is -2.41. The molecule has 1 fully saturated rings. The van der Waals surface area contributed by atoms with E-state index in [0.29, 0.717) is 6.54 Å². The number of nitrogens with one attached hydrogen (secondary N) is 1. The van der Waals surface area contributed by atoms with Gasteiger partial charge in [0.25, 0.3) is 0 Å². The van der Waals surface area contributed by atoms with Crippen molar-refractivity contribution in [2.45, 2.75) is 32.7 Å². The van der Waals surface area contributed by atoms with Crippen molar-refractivity contribution in [1.29, 1.82) is 0 Å². The third-order valence-corrected chi connectivity index (χ3v) is 3.27. The van der Waals surface area contributed by atoms with Crippen molar-refractivity contribution in [2.75, 3.05) is 26.2 Å². The molecule has 0 saturated carbocycles. The Morgan fingerprint density at radius 2 is 2.17 bits per heavy atom. The Bertz CT molecular complexity index is 382. The van der Waals surface area contributed by atoms with E-state index in [1.165, 1.54) is 12.0 Å². The van der Waals surface area contributed by atoms with E-state index in [1.54, 1.807) is 0 Å². The molecule has 5 heteroatoms. The van der Waals surface area contributed by atoms with Gasteiger partial charge in [0.2, 0.25) is 5.91 Å². The molecule has 1 aliphatic heterocycles. The molecule has 0 atom stereocenters. The standard InChI is InChI=1S/C13H22N4O/c1-12-9-15-17(11-12)8-5-14-10-13(18)16-6-3-2-4-7-16/h9,11,14H,2-8,10H2,1H3. The summed E-state index contributed by atoms with van der Waals surface area (Å²) in [7, 11) is 0. The average molecular weight is 250 g/mol. The van der Waals surface area contributed by atoms with E-state index in [-0.39, 0.29) is 5.91 Å². The number of carbonyl (C=O) groups is 1. The largest absolute Gasteiger partial charge is 0.342 e. The quantitative estimate of drug-likeness (QED) is 0.786. The van der Waals surface area contributed by atoms with Gasteiger partial charge in [-0.05, 0) is 31.7 Å². The number of hydrogen-bond donors (Lipinski definition) is 1. The second-order valence-corrected chi connectivity index (χ2v) is 4.90. The van der Waals surface area contributed by atoms with Crippen LogP contribution in [0.1, 0.15) is 24.8 Å². The number of rotatable bonds is 5. The number of aromatic nitrogens is 2. The number of aryl methyl sites for hydroxylation is 1. The molecular weight excluding hydrogens is 228 g/mol. The smallest absolute Gasteiger partial charge is 0.236 e. The van der Waals surface area contributed by atoms with Crippen molar-refractivity contribution in [3.05, 3.63) is 18.0 Å².